The van der Waals surface area contributed by atoms with Gasteiger partial charge in [0.15, 0.2) is 0 Å². The van der Waals surface area contributed by atoms with Crippen molar-refractivity contribution in [3.8, 4) is 11.3 Å². The van der Waals surface area contributed by atoms with Crippen LogP contribution in [0.3, 0.4) is 0 Å². The molecule has 2 heterocycles. The summed E-state index contributed by atoms with van der Waals surface area (Å²) in [6, 6.07) is 14.2. The smallest absolute Gasteiger partial charge is 0.145 e. The summed E-state index contributed by atoms with van der Waals surface area (Å²) >= 11 is 8.33. The van der Waals surface area contributed by atoms with E-state index in [-0.39, 0.29) is 17.4 Å². The molecule has 2 aromatic carbocycles. The van der Waals surface area contributed by atoms with Gasteiger partial charge in [0.1, 0.15) is 22.1 Å². The van der Waals surface area contributed by atoms with E-state index in [2.05, 4.69) is 24.2 Å². The molecule has 5 aliphatic carbocycles. The van der Waals surface area contributed by atoms with Gasteiger partial charge in [-0.25, -0.2) is 4.98 Å². The van der Waals surface area contributed by atoms with Crippen LogP contribution in [0, 0.1) is 24.7 Å². The fourth-order valence-electron chi connectivity index (χ4n) is 7.96. The van der Waals surface area contributed by atoms with Gasteiger partial charge >= 0.3 is 0 Å². The second kappa shape index (κ2) is 8.37. The minimum absolute atomic E-state index is 0.171. The lowest BCUT2D eigenvalue weighted by molar-refractivity contribution is -0.250. The molecule has 1 N–H and O–H groups in total. The fourth-order valence-corrected chi connectivity index (χ4v) is 9.49. The van der Waals surface area contributed by atoms with Gasteiger partial charge in [-0.05, 0) is 93.4 Å². The monoisotopic (exact) mass is 546 g/mol. The highest BCUT2D eigenvalue weighted by Crippen LogP contribution is 2.65. The third-order valence-electron chi connectivity index (χ3n) is 9.76. The van der Waals surface area contributed by atoms with E-state index in [1.165, 1.54) is 0 Å². The number of aryl methyl sites for hydroxylation is 1. The summed E-state index contributed by atoms with van der Waals surface area (Å²) in [6.07, 6.45) is 7.19. The quantitative estimate of drug-likeness (QED) is 0.267. The van der Waals surface area contributed by atoms with E-state index < -0.39 is 5.60 Å². The molecule has 4 bridgehead atoms. The first-order valence-corrected chi connectivity index (χ1v) is 15.1. The molecule has 5 fully saturated rings. The van der Waals surface area contributed by atoms with Crippen molar-refractivity contribution in [2.24, 2.45) is 17.8 Å². The van der Waals surface area contributed by atoms with Gasteiger partial charge in [-0.15, -0.1) is 11.3 Å². The molecule has 2 aromatic heterocycles. The van der Waals surface area contributed by atoms with Crippen molar-refractivity contribution in [2.75, 3.05) is 0 Å². The number of rotatable bonds is 6. The van der Waals surface area contributed by atoms with Crippen LogP contribution in [0.15, 0.2) is 47.0 Å². The topological polar surface area (TPSA) is 68.4 Å². The van der Waals surface area contributed by atoms with E-state index in [1.54, 1.807) is 11.3 Å². The predicted octanol–water partition coefficient (Wildman–Crippen LogP) is 7.77. The van der Waals surface area contributed by atoms with Crippen LogP contribution in [0.5, 0.6) is 0 Å². The first-order chi connectivity index (χ1) is 18.4. The van der Waals surface area contributed by atoms with Crippen LogP contribution in [-0.2, 0) is 16.9 Å². The number of fused-ring (bicyclic) bond motifs is 1. The highest BCUT2D eigenvalue weighted by molar-refractivity contribution is 7.18. The maximum absolute atomic E-state index is 12.3. The van der Waals surface area contributed by atoms with Crippen molar-refractivity contribution in [1.29, 1.82) is 0 Å². The van der Waals surface area contributed by atoms with Gasteiger partial charge in [0.05, 0.1) is 27.4 Å². The van der Waals surface area contributed by atoms with E-state index in [4.69, 9.17) is 25.8 Å². The SMILES string of the molecule is Cc1cccc(Cl)c1-c1noc(C2CC2)c1CO[C@@]12CC3C[C@H](C1)[C@](O)(c1nc4ccccc4s1)[C@@H](C3)C2. The van der Waals surface area contributed by atoms with E-state index >= 15 is 0 Å². The minimum Gasteiger partial charge on any atom is -0.382 e. The molecule has 9 rings (SSSR count). The molecule has 0 spiro atoms. The Morgan fingerprint density at radius 3 is 2.61 bits per heavy atom. The second-order valence-electron chi connectivity index (χ2n) is 12.2. The van der Waals surface area contributed by atoms with E-state index in [1.807, 2.05) is 30.3 Å². The Kier molecular flexibility index (Phi) is 5.21. The molecular weight excluding hydrogens is 516 g/mol. The van der Waals surface area contributed by atoms with Gasteiger partial charge in [-0.2, -0.15) is 0 Å². The lowest BCUT2D eigenvalue weighted by Crippen LogP contribution is -2.62. The summed E-state index contributed by atoms with van der Waals surface area (Å²) in [5.41, 5.74) is 3.83. The number of halogens is 1. The molecule has 7 heteroatoms. The summed E-state index contributed by atoms with van der Waals surface area (Å²) in [7, 11) is 0. The van der Waals surface area contributed by atoms with E-state index in [0.29, 0.717) is 23.5 Å². The Balaban J connectivity index is 1.11. The lowest BCUT2D eigenvalue weighted by atomic mass is 9.48. The van der Waals surface area contributed by atoms with Gasteiger partial charge in [0.25, 0.3) is 0 Å². The summed E-state index contributed by atoms with van der Waals surface area (Å²) in [5.74, 6) is 2.33. The Morgan fingerprint density at radius 2 is 1.87 bits per heavy atom. The molecular formula is C31H31ClN2O3S. The average molecular weight is 547 g/mol. The summed E-state index contributed by atoms with van der Waals surface area (Å²) < 4.78 is 14.1. The van der Waals surface area contributed by atoms with Gasteiger partial charge in [0.2, 0.25) is 0 Å². The zero-order valence-corrected chi connectivity index (χ0v) is 23.0. The van der Waals surface area contributed by atoms with E-state index in [9.17, 15) is 5.11 Å². The molecule has 38 heavy (non-hydrogen) atoms. The number of benzene rings is 2. The van der Waals surface area contributed by atoms with Gasteiger partial charge in [0, 0.05) is 17.0 Å². The van der Waals surface area contributed by atoms with Crippen LogP contribution in [0.2, 0.25) is 5.02 Å². The molecule has 0 saturated heterocycles. The van der Waals surface area contributed by atoms with Crippen molar-refractivity contribution in [3.63, 3.8) is 0 Å². The van der Waals surface area contributed by atoms with Crippen molar-refractivity contribution < 1.29 is 14.4 Å². The number of ether oxygens (including phenoxy) is 1. The van der Waals surface area contributed by atoms with Crippen molar-refractivity contribution >= 4 is 33.2 Å². The fraction of sp³-hybridized carbons (Fsp3) is 0.484. The largest absolute Gasteiger partial charge is 0.382 e. The third kappa shape index (κ3) is 3.50. The van der Waals surface area contributed by atoms with Crippen molar-refractivity contribution in [3.05, 3.63) is 69.4 Å². The molecule has 1 unspecified atom stereocenters. The number of aromatic nitrogens is 2. The standard InChI is InChI=1S/C31H31ClN2O3S/c1-17-5-4-6-23(32)26(17)27-22(28(37-34-27)19-9-10-19)16-36-30-13-18-11-20(14-30)31(35,21(12-18)15-30)29-33-24-7-2-3-8-25(24)38-29/h2-8,18-21,35H,9-16H2,1H3/t18?,20-,21+,30+,31-. The Bertz CT molecular complexity index is 1490. The average Bonchev–Trinajstić information content (AvgIpc) is 3.50. The first kappa shape index (κ1) is 23.6. The highest BCUT2D eigenvalue weighted by atomic mass is 35.5. The highest BCUT2D eigenvalue weighted by Gasteiger charge is 2.64. The predicted molar refractivity (Wildman–Crippen MR) is 148 cm³/mol. The van der Waals surface area contributed by atoms with Crippen LogP contribution in [0.1, 0.15) is 72.8 Å². The summed E-state index contributed by atoms with van der Waals surface area (Å²) in [4.78, 5) is 4.93. The van der Waals surface area contributed by atoms with Crippen molar-refractivity contribution in [1.82, 2.24) is 10.1 Å². The van der Waals surface area contributed by atoms with E-state index in [0.717, 1.165) is 88.3 Å². The number of hydrogen-bond donors (Lipinski definition) is 1. The van der Waals surface area contributed by atoms with Crippen LogP contribution in [0.25, 0.3) is 21.5 Å². The normalized spacial score (nSPS) is 31.9. The number of nitrogens with zero attached hydrogens (tertiary/aromatic N) is 2. The summed E-state index contributed by atoms with van der Waals surface area (Å²) in [5, 5.41) is 18.4. The second-order valence-corrected chi connectivity index (χ2v) is 13.6. The molecule has 5 atom stereocenters. The van der Waals surface area contributed by atoms with Crippen LogP contribution < -0.4 is 0 Å². The molecule has 196 valence electrons. The van der Waals surface area contributed by atoms with Gasteiger partial charge in [-0.3, -0.25) is 0 Å². The molecule has 4 aromatic rings. The Labute approximate surface area is 231 Å². The number of thiazole rings is 1. The molecule has 5 saturated carbocycles. The first-order valence-electron chi connectivity index (χ1n) is 13.9. The number of hydrogen-bond acceptors (Lipinski definition) is 6. The van der Waals surface area contributed by atoms with Crippen molar-refractivity contribution in [2.45, 2.75) is 75.6 Å². The zero-order chi connectivity index (χ0) is 25.6. The Morgan fingerprint density at radius 1 is 1.08 bits per heavy atom. The zero-order valence-electron chi connectivity index (χ0n) is 21.5. The molecule has 5 nitrogen and oxygen atoms in total. The Hall–Kier alpha value is -2.25. The van der Waals surface area contributed by atoms with Gasteiger partial charge < -0.3 is 14.4 Å². The molecule has 0 aliphatic heterocycles. The molecule has 0 amide bonds. The van der Waals surface area contributed by atoms with Gasteiger partial charge in [-0.1, -0.05) is 41.0 Å². The van der Waals surface area contributed by atoms with Crippen LogP contribution in [-0.4, -0.2) is 20.8 Å². The summed E-state index contributed by atoms with van der Waals surface area (Å²) in [6.45, 7) is 2.54. The third-order valence-corrected chi connectivity index (χ3v) is 11.3. The van der Waals surface area contributed by atoms with Crippen LogP contribution in [0.4, 0.5) is 0 Å². The number of aliphatic hydroxyl groups is 1. The molecule has 0 radical (unpaired) electrons. The van der Waals surface area contributed by atoms with Crippen LogP contribution >= 0.6 is 22.9 Å². The molecule has 5 aliphatic rings. The lowest BCUT2D eigenvalue weighted by Gasteiger charge is -2.62. The maximum Gasteiger partial charge on any atom is 0.145 e. The number of para-hydroxylation sites is 1. The maximum atomic E-state index is 12.3. The minimum atomic E-state index is -0.857.